The lowest BCUT2D eigenvalue weighted by Gasteiger charge is -2.22. The van der Waals surface area contributed by atoms with Gasteiger partial charge in [0.15, 0.2) is 0 Å². The third-order valence-electron chi connectivity index (χ3n) is 4.89. The van der Waals surface area contributed by atoms with Crippen LogP contribution >= 0.6 is 11.6 Å². The molecule has 1 unspecified atom stereocenters. The van der Waals surface area contributed by atoms with Crippen LogP contribution in [0.25, 0.3) is 11.1 Å². The van der Waals surface area contributed by atoms with Crippen molar-refractivity contribution in [3.8, 4) is 11.1 Å². The number of hydrogen-bond donors (Lipinski definition) is 0. The van der Waals surface area contributed by atoms with Gasteiger partial charge in [-0.2, -0.15) is 0 Å². The van der Waals surface area contributed by atoms with E-state index in [-0.39, 0.29) is 5.97 Å². The Morgan fingerprint density at radius 2 is 1.54 bits per heavy atom. The first-order chi connectivity index (χ1) is 11.7. The zero-order valence-electron chi connectivity index (χ0n) is 12.8. The maximum atomic E-state index is 12.2. The van der Waals surface area contributed by atoms with Gasteiger partial charge in [-0.1, -0.05) is 66.2 Å². The highest BCUT2D eigenvalue weighted by Crippen LogP contribution is 2.47. The summed E-state index contributed by atoms with van der Waals surface area (Å²) in [5.74, 6) is -0.371. The first-order valence-electron chi connectivity index (χ1n) is 7.90. The average molecular weight is 333 g/mol. The van der Waals surface area contributed by atoms with Gasteiger partial charge in [-0.15, -0.1) is 0 Å². The molecule has 0 N–H and O–H groups in total. The molecule has 2 aliphatic rings. The van der Waals surface area contributed by atoms with Crippen LogP contribution in [0.3, 0.4) is 0 Å². The van der Waals surface area contributed by atoms with Crippen molar-refractivity contribution < 1.29 is 9.53 Å². The van der Waals surface area contributed by atoms with Crippen molar-refractivity contribution >= 4 is 17.6 Å². The fourth-order valence-corrected chi connectivity index (χ4v) is 4.09. The summed E-state index contributed by atoms with van der Waals surface area (Å²) in [6.45, 7) is 0. The lowest BCUT2D eigenvalue weighted by molar-refractivity contribution is 0.0366. The van der Waals surface area contributed by atoms with Crippen molar-refractivity contribution in [2.75, 3.05) is 0 Å². The van der Waals surface area contributed by atoms with Crippen molar-refractivity contribution in [1.29, 1.82) is 0 Å². The molecule has 24 heavy (non-hydrogen) atoms. The number of ether oxygens (including phenoxy) is 1. The Kier molecular flexibility index (Phi) is 2.71. The average Bonchev–Trinajstić information content (AvgIpc) is 3.11. The van der Waals surface area contributed by atoms with E-state index in [4.69, 9.17) is 16.3 Å². The molecule has 0 amide bonds. The number of fused-ring (bicyclic) bond motifs is 4. The third-order valence-corrected chi connectivity index (χ3v) is 5.39. The second kappa shape index (κ2) is 4.71. The second-order valence-corrected chi connectivity index (χ2v) is 6.77. The van der Waals surface area contributed by atoms with Gasteiger partial charge in [-0.05, 0) is 40.8 Å². The van der Waals surface area contributed by atoms with Crippen molar-refractivity contribution in [2.24, 2.45) is 0 Å². The molecule has 1 aliphatic heterocycles. The van der Waals surface area contributed by atoms with E-state index in [0.717, 1.165) is 12.0 Å². The zero-order chi connectivity index (χ0) is 16.3. The molecule has 3 heteroatoms. The molecule has 0 fully saturated rings. The number of cyclic esters (lactones) is 1. The minimum absolute atomic E-state index is 0.371. The molecule has 3 aromatic carbocycles. The van der Waals surface area contributed by atoms with E-state index in [0.29, 0.717) is 11.1 Å². The quantitative estimate of drug-likeness (QED) is 0.367. The Morgan fingerprint density at radius 3 is 2.42 bits per heavy atom. The first-order valence-corrected chi connectivity index (χ1v) is 8.28. The number of carbonyl (C=O) groups excluding carboxylic acids is 1. The Morgan fingerprint density at radius 1 is 0.833 bits per heavy atom. The van der Waals surface area contributed by atoms with E-state index < -0.39 is 5.06 Å². The van der Waals surface area contributed by atoms with Crippen molar-refractivity contribution in [2.45, 2.75) is 11.5 Å². The summed E-state index contributed by atoms with van der Waals surface area (Å²) in [5, 5.41) is -1.24. The predicted molar refractivity (Wildman–Crippen MR) is 93.2 cm³/mol. The van der Waals surface area contributed by atoms with Crippen LogP contribution < -0.4 is 0 Å². The van der Waals surface area contributed by atoms with Gasteiger partial charge in [0.1, 0.15) is 0 Å². The highest BCUT2D eigenvalue weighted by molar-refractivity contribution is 6.27. The van der Waals surface area contributed by atoms with Gasteiger partial charge < -0.3 is 4.74 Å². The molecule has 0 saturated carbocycles. The van der Waals surface area contributed by atoms with E-state index in [2.05, 4.69) is 36.4 Å². The predicted octanol–water partition coefficient (Wildman–Crippen LogP) is 4.87. The van der Waals surface area contributed by atoms with Gasteiger partial charge in [0.05, 0.1) is 5.56 Å². The molecule has 3 aromatic rings. The minimum Gasteiger partial charge on any atom is -0.431 e. The van der Waals surface area contributed by atoms with Crippen molar-refractivity contribution in [3.05, 3.63) is 94.5 Å². The number of esters is 1. The summed E-state index contributed by atoms with van der Waals surface area (Å²) in [7, 11) is 0. The first kappa shape index (κ1) is 13.8. The van der Waals surface area contributed by atoms with Crippen LogP contribution in [0.2, 0.25) is 0 Å². The summed E-state index contributed by atoms with van der Waals surface area (Å²) in [5.41, 5.74) is 7.09. The molecule has 116 valence electrons. The lowest BCUT2D eigenvalue weighted by atomic mass is 9.95. The summed E-state index contributed by atoms with van der Waals surface area (Å²) in [6, 6.07) is 21.8. The maximum Gasteiger partial charge on any atom is 0.340 e. The van der Waals surface area contributed by atoms with Crippen molar-refractivity contribution in [3.63, 3.8) is 0 Å². The minimum atomic E-state index is -1.24. The van der Waals surface area contributed by atoms with Crippen LogP contribution in [-0.2, 0) is 16.2 Å². The Hall–Kier alpha value is -2.58. The molecular weight excluding hydrogens is 320 g/mol. The largest absolute Gasteiger partial charge is 0.431 e. The molecule has 1 atom stereocenters. The topological polar surface area (TPSA) is 26.3 Å². The van der Waals surface area contributed by atoms with Gasteiger partial charge in [-0.3, -0.25) is 0 Å². The van der Waals surface area contributed by atoms with Crippen LogP contribution in [0.1, 0.15) is 32.6 Å². The molecular formula is C21H13ClO2. The highest BCUT2D eigenvalue weighted by Gasteiger charge is 2.45. The lowest BCUT2D eigenvalue weighted by Crippen LogP contribution is -2.20. The van der Waals surface area contributed by atoms with E-state index in [1.54, 1.807) is 6.07 Å². The highest BCUT2D eigenvalue weighted by atomic mass is 35.5. The van der Waals surface area contributed by atoms with Gasteiger partial charge >= 0.3 is 5.97 Å². The molecule has 5 rings (SSSR count). The fraction of sp³-hybridized carbons (Fsp3) is 0.0952. The Balaban J connectivity index is 1.65. The fourth-order valence-electron chi connectivity index (χ4n) is 3.74. The molecule has 0 bridgehead atoms. The number of hydrogen-bond acceptors (Lipinski definition) is 2. The van der Waals surface area contributed by atoms with Gasteiger partial charge in [0, 0.05) is 11.1 Å². The summed E-state index contributed by atoms with van der Waals surface area (Å²) >= 11 is 6.79. The third kappa shape index (κ3) is 1.75. The number of rotatable bonds is 1. The van der Waals surface area contributed by atoms with E-state index in [1.165, 1.54) is 22.3 Å². The second-order valence-electron chi connectivity index (χ2n) is 6.24. The van der Waals surface area contributed by atoms with Gasteiger partial charge in [0.25, 0.3) is 0 Å². The smallest absolute Gasteiger partial charge is 0.340 e. The van der Waals surface area contributed by atoms with Gasteiger partial charge in [-0.25, -0.2) is 4.79 Å². The summed E-state index contributed by atoms with van der Waals surface area (Å²) in [4.78, 5) is 12.2. The Labute approximate surface area is 144 Å². The standard InChI is InChI=1S/C21H13ClO2/c22-21(19-8-4-3-7-18(19)20(23)24-21)15-9-10-17-14(12-15)11-13-5-1-2-6-16(13)17/h1-10,12H,11H2. The van der Waals surface area contributed by atoms with Crippen molar-refractivity contribution in [1.82, 2.24) is 0 Å². The molecule has 1 aliphatic carbocycles. The summed E-state index contributed by atoms with van der Waals surface area (Å²) < 4.78 is 5.57. The van der Waals surface area contributed by atoms with Gasteiger partial charge in [0.2, 0.25) is 5.06 Å². The van der Waals surface area contributed by atoms with Crippen LogP contribution in [0.15, 0.2) is 66.7 Å². The number of halogens is 1. The monoisotopic (exact) mass is 332 g/mol. The van der Waals surface area contributed by atoms with Crippen LogP contribution in [0.4, 0.5) is 0 Å². The number of alkyl halides is 1. The van der Waals surface area contributed by atoms with Crippen LogP contribution in [0.5, 0.6) is 0 Å². The van der Waals surface area contributed by atoms with Crippen LogP contribution in [0, 0.1) is 0 Å². The van der Waals surface area contributed by atoms with Crippen LogP contribution in [-0.4, -0.2) is 5.97 Å². The molecule has 1 heterocycles. The molecule has 0 radical (unpaired) electrons. The molecule has 0 spiro atoms. The summed E-state index contributed by atoms with van der Waals surface area (Å²) in [6.07, 6.45) is 0.877. The maximum absolute atomic E-state index is 12.2. The Bertz CT molecular complexity index is 1010. The number of carbonyl (C=O) groups is 1. The zero-order valence-corrected chi connectivity index (χ0v) is 13.5. The van der Waals surface area contributed by atoms with E-state index in [9.17, 15) is 4.79 Å². The van der Waals surface area contributed by atoms with E-state index >= 15 is 0 Å². The number of benzene rings is 3. The van der Waals surface area contributed by atoms with E-state index in [1.807, 2.05) is 24.3 Å². The SMILES string of the molecule is O=C1OC(Cl)(c2ccc3c(c2)Cc2ccccc2-3)c2ccccc21. The molecule has 0 saturated heterocycles. The molecule has 0 aromatic heterocycles. The normalized spacial score (nSPS) is 20.3. The molecule has 2 nitrogen and oxygen atoms in total.